The topological polar surface area (TPSA) is 70.7 Å². The molecule has 9 heteroatoms. The number of rotatable bonds is 9. The van der Waals surface area contributed by atoms with Gasteiger partial charge in [-0.05, 0) is 49.0 Å². The minimum atomic E-state index is -2.88. The third-order valence-corrected chi connectivity index (χ3v) is 3.59. The second-order valence-corrected chi connectivity index (χ2v) is 6.03. The Labute approximate surface area is 160 Å². The molecule has 2 amide bonds. The molecular formula is C19H20F3N3O3. The Hall–Kier alpha value is -3.07. The van der Waals surface area contributed by atoms with Gasteiger partial charge in [0.25, 0.3) is 0 Å². The first-order chi connectivity index (χ1) is 13.3. The highest BCUT2D eigenvalue weighted by Crippen LogP contribution is 2.15. The summed E-state index contributed by atoms with van der Waals surface area (Å²) in [6.45, 7) is -2.65. The number of anilines is 1. The maximum Gasteiger partial charge on any atom is 0.387 e. The summed E-state index contributed by atoms with van der Waals surface area (Å²) in [6, 6.07) is 11.4. The van der Waals surface area contributed by atoms with E-state index in [0.29, 0.717) is 12.2 Å². The lowest BCUT2D eigenvalue weighted by Crippen LogP contribution is -2.39. The van der Waals surface area contributed by atoms with E-state index in [0.717, 1.165) is 5.56 Å². The fourth-order valence-corrected chi connectivity index (χ4v) is 2.36. The molecule has 2 N–H and O–H groups in total. The lowest BCUT2D eigenvalue weighted by Gasteiger charge is -2.16. The van der Waals surface area contributed by atoms with Gasteiger partial charge in [0, 0.05) is 12.2 Å². The van der Waals surface area contributed by atoms with Crippen molar-refractivity contribution in [1.82, 2.24) is 10.2 Å². The summed E-state index contributed by atoms with van der Waals surface area (Å²) >= 11 is 0. The number of carbonyl (C=O) groups is 2. The van der Waals surface area contributed by atoms with Gasteiger partial charge in [0.15, 0.2) is 0 Å². The summed E-state index contributed by atoms with van der Waals surface area (Å²) < 4.78 is 41.3. The zero-order valence-electron chi connectivity index (χ0n) is 15.1. The smallest absolute Gasteiger partial charge is 0.387 e. The van der Waals surface area contributed by atoms with Gasteiger partial charge in [-0.25, -0.2) is 4.39 Å². The number of amides is 2. The summed E-state index contributed by atoms with van der Waals surface area (Å²) in [5.74, 6) is -1.14. The highest BCUT2D eigenvalue weighted by Gasteiger charge is 2.10. The van der Waals surface area contributed by atoms with Crippen LogP contribution in [-0.4, -0.2) is 43.5 Å². The first kappa shape index (κ1) is 21.2. The lowest BCUT2D eigenvalue weighted by molar-refractivity contribution is -0.124. The molecule has 2 aromatic carbocycles. The van der Waals surface area contributed by atoms with Gasteiger partial charge < -0.3 is 15.4 Å². The van der Waals surface area contributed by atoms with Crippen molar-refractivity contribution in [3.05, 3.63) is 59.9 Å². The Kier molecular flexibility index (Phi) is 7.82. The first-order valence-electron chi connectivity index (χ1n) is 8.36. The Balaban J connectivity index is 1.71. The molecule has 6 nitrogen and oxygen atoms in total. The van der Waals surface area contributed by atoms with Crippen LogP contribution in [0, 0.1) is 5.82 Å². The van der Waals surface area contributed by atoms with E-state index in [-0.39, 0.29) is 24.7 Å². The molecule has 0 saturated heterocycles. The standard InChI is InChI=1S/C19H20F3N3O3/c1-25(11-13-2-8-16(9-3-13)28-19(21)22)12-18(27)23-10-17(26)24-15-6-4-14(20)5-7-15/h2-9,19H,10-12H2,1H3,(H,23,27)(H,24,26). The molecule has 0 radical (unpaired) electrons. The number of alkyl halides is 2. The number of nitrogens with zero attached hydrogens (tertiary/aromatic N) is 1. The number of ether oxygens (including phenoxy) is 1. The third-order valence-electron chi connectivity index (χ3n) is 3.59. The van der Waals surface area contributed by atoms with E-state index >= 15 is 0 Å². The van der Waals surface area contributed by atoms with Crippen molar-refractivity contribution < 1.29 is 27.5 Å². The van der Waals surface area contributed by atoms with Gasteiger partial charge in [-0.3, -0.25) is 14.5 Å². The van der Waals surface area contributed by atoms with Crippen LogP contribution in [0.25, 0.3) is 0 Å². The molecule has 0 aliphatic heterocycles. The Bertz CT molecular complexity index is 783. The molecule has 0 aromatic heterocycles. The molecule has 0 unspecified atom stereocenters. The molecule has 0 bridgehead atoms. The van der Waals surface area contributed by atoms with Gasteiger partial charge >= 0.3 is 6.61 Å². The Morgan fingerprint density at radius 1 is 1.04 bits per heavy atom. The second kappa shape index (κ2) is 10.3. The molecule has 0 heterocycles. The van der Waals surface area contributed by atoms with E-state index in [2.05, 4.69) is 15.4 Å². The van der Waals surface area contributed by atoms with Crippen LogP contribution < -0.4 is 15.4 Å². The fraction of sp³-hybridized carbons (Fsp3) is 0.263. The van der Waals surface area contributed by atoms with Gasteiger partial charge in [0.1, 0.15) is 11.6 Å². The zero-order valence-corrected chi connectivity index (χ0v) is 15.1. The van der Waals surface area contributed by atoms with E-state index in [1.165, 1.54) is 36.4 Å². The van der Waals surface area contributed by atoms with Crippen molar-refractivity contribution in [1.29, 1.82) is 0 Å². The summed E-state index contributed by atoms with van der Waals surface area (Å²) in [6.07, 6.45) is 0. The maximum absolute atomic E-state index is 12.8. The largest absolute Gasteiger partial charge is 0.435 e. The fourth-order valence-electron chi connectivity index (χ4n) is 2.36. The van der Waals surface area contributed by atoms with Gasteiger partial charge in [0.2, 0.25) is 11.8 Å². The minimum Gasteiger partial charge on any atom is -0.435 e. The van der Waals surface area contributed by atoms with Crippen molar-refractivity contribution >= 4 is 17.5 Å². The predicted octanol–water partition coefficient (Wildman–Crippen LogP) is 2.61. The van der Waals surface area contributed by atoms with Crippen LogP contribution in [-0.2, 0) is 16.1 Å². The number of likely N-dealkylation sites (N-methyl/N-ethyl adjacent to an activating group) is 1. The van der Waals surface area contributed by atoms with E-state index in [1.807, 2.05) is 0 Å². The number of benzene rings is 2. The van der Waals surface area contributed by atoms with Crippen molar-refractivity contribution in [3.8, 4) is 5.75 Å². The summed E-state index contributed by atoms with van der Waals surface area (Å²) in [7, 11) is 1.71. The Morgan fingerprint density at radius 2 is 1.68 bits per heavy atom. The van der Waals surface area contributed by atoms with E-state index in [1.54, 1.807) is 24.1 Å². The molecule has 0 aliphatic carbocycles. The van der Waals surface area contributed by atoms with Gasteiger partial charge in [-0.2, -0.15) is 8.78 Å². The minimum absolute atomic E-state index is 0.0408. The van der Waals surface area contributed by atoms with E-state index < -0.39 is 18.3 Å². The quantitative estimate of drug-likeness (QED) is 0.685. The van der Waals surface area contributed by atoms with Crippen molar-refractivity contribution in [2.75, 3.05) is 25.5 Å². The summed E-state index contributed by atoms with van der Waals surface area (Å²) in [4.78, 5) is 25.4. The van der Waals surface area contributed by atoms with Crippen LogP contribution in [0.1, 0.15) is 5.56 Å². The molecule has 0 atom stereocenters. The number of hydrogen-bond acceptors (Lipinski definition) is 4. The maximum atomic E-state index is 12.8. The number of carbonyl (C=O) groups excluding carboxylic acids is 2. The molecule has 28 heavy (non-hydrogen) atoms. The molecular weight excluding hydrogens is 375 g/mol. The molecule has 2 rings (SSSR count). The monoisotopic (exact) mass is 395 g/mol. The lowest BCUT2D eigenvalue weighted by atomic mass is 10.2. The highest BCUT2D eigenvalue weighted by molar-refractivity contribution is 5.94. The van der Waals surface area contributed by atoms with Gasteiger partial charge in [0.05, 0.1) is 13.1 Å². The predicted molar refractivity (Wildman–Crippen MR) is 97.4 cm³/mol. The van der Waals surface area contributed by atoms with Gasteiger partial charge in [-0.1, -0.05) is 12.1 Å². The van der Waals surface area contributed by atoms with Crippen molar-refractivity contribution in [3.63, 3.8) is 0 Å². The van der Waals surface area contributed by atoms with Crippen LogP contribution in [0.3, 0.4) is 0 Å². The summed E-state index contributed by atoms with van der Waals surface area (Å²) in [5, 5.41) is 5.03. The molecule has 0 fully saturated rings. The van der Waals surface area contributed by atoms with Crippen LogP contribution in [0.4, 0.5) is 18.9 Å². The molecule has 150 valence electrons. The zero-order chi connectivity index (χ0) is 20.5. The second-order valence-electron chi connectivity index (χ2n) is 6.03. The van der Waals surface area contributed by atoms with Crippen LogP contribution in [0.15, 0.2) is 48.5 Å². The normalized spacial score (nSPS) is 10.8. The van der Waals surface area contributed by atoms with Crippen LogP contribution >= 0.6 is 0 Å². The Morgan fingerprint density at radius 3 is 2.29 bits per heavy atom. The molecule has 0 aliphatic rings. The first-order valence-corrected chi connectivity index (χ1v) is 8.36. The third kappa shape index (κ3) is 7.67. The van der Waals surface area contributed by atoms with E-state index in [9.17, 15) is 22.8 Å². The number of hydrogen-bond donors (Lipinski definition) is 2. The SMILES string of the molecule is CN(CC(=O)NCC(=O)Nc1ccc(F)cc1)Cc1ccc(OC(F)F)cc1. The highest BCUT2D eigenvalue weighted by atomic mass is 19.3. The molecule has 0 spiro atoms. The van der Waals surface area contributed by atoms with Crippen LogP contribution in [0.2, 0.25) is 0 Å². The van der Waals surface area contributed by atoms with Crippen LogP contribution in [0.5, 0.6) is 5.75 Å². The van der Waals surface area contributed by atoms with Crippen molar-refractivity contribution in [2.24, 2.45) is 0 Å². The number of nitrogens with one attached hydrogen (secondary N) is 2. The molecule has 0 saturated carbocycles. The number of halogens is 3. The summed E-state index contributed by atoms with van der Waals surface area (Å²) in [5.41, 5.74) is 1.24. The van der Waals surface area contributed by atoms with E-state index in [4.69, 9.17) is 0 Å². The van der Waals surface area contributed by atoms with Crippen molar-refractivity contribution in [2.45, 2.75) is 13.2 Å². The average molecular weight is 395 g/mol. The van der Waals surface area contributed by atoms with Gasteiger partial charge in [-0.15, -0.1) is 0 Å². The molecule has 2 aromatic rings. The average Bonchev–Trinajstić information content (AvgIpc) is 2.63.